The van der Waals surface area contributed by atoms with Crippen molar-refractivity contribution < 1.29 is 14.3 Å². The van der Waals surface area contributed by atoms with Crippen LogP contribution in [0.3, 0.4) is 0 Å². The second kappa shape index (κ2) is 12.7. The molecular weight excluding hydrogens is 471 g/mol. The van der Waals surface area contributed by atoms with Crippen LogP contribution in [-0.4, -0.2) is 62.4 Å². The molecule has 1 saturated heterocycles. The lowest BCUT2D eigenvalue weighted by Gasteiger charge is -2.32. The molecule has 1 heterocycles. The molecule has 0 radical (unpaired) electrons. The number of guanidine groups is 1. The Morgan fingerprint density at radius 1 is 1.32 bits per heavy atom. The molecular formula is C20H33IN4O3. The van der Waals surface area contributed by atoms with Gasteiger partial charge in [0.1, 0.15) is 11.9 Å². The standard InChI is InChI=1S/C20H32N4O3.HI/c1-5-26-20(25)24-12-10-17(11-13-24)23-19(21-4)22-14-16(3)27-18-9-7-6-8-15(18)2;/h6-9,16-17H,5,10-14H2,1-4H3,(H2,21,22,23);1H. The summed E-state index contributed by atoms with van der Waals surface area (Å²) < 4.78 is 11.0. The average Bonchev–Trinajstić information content (AvgIpc) is 2.67. The smallest absolute Gasteiger partial charge is 0.409 e. The van der Waals surface area contributed by atoms with Gasteiger partial charge in [-0.15, -0.1) is 24.0 Å². The number of hydrogen-bond acceptors (Lipinski definition) is 4. The highest BCUT2D eigenvalue weighted by molar-refractivity contribution is 14.0. The van der Waals surface area contributed by atoms with Crippen LogP contribution in [0, 0.1) is 6.92 Å². The maximum atomic E-state index is 11.8. The number of aliphatic imine (C=N–C) groups is 1. The van der Waals surface area contributed by atoms with E-state index in [9.17, 15) is 4.79 Å². The Kier molecular flexibility index (Phi) is 11.0. The molecule has 1 aliphatic rings. The van der Waals surface area contributed by atoms with Crippen molar-refractivity contribution in [3.63, 3.8) is 0 Å². The van der Waals surface area contributed by atoms with E-state index in [1.165, 1.54) is 0 Å². The monoisotopic (exact) mass is 504 g/mol. The van der Waals surface area contributed by atoms with E-state index in [1.807, 2.05) is 45.0 Å². The highest BCUT2D eigenvalue weighted by atomic mass is 127. The van der Waals surface area contributed by atoms with Crippen molar-refractivity contribution in [2.45, 2.75) is 45.8 Å². The van der Waals surface area contributed by atoms with Gasteiger partial charge in [0.2, 0.25) is 0 Å². The van der Waals surface area contributed by atoms with Crippen LogP contribution in [0.2, 0.25) is 0 Å². The van der Waals surface area contributed by atoms with Crippen LogP contribution in [0.1, 0.15) is 32.3 Å². The lowest BCUT2D eigenvalue weighted by Crippen LogP contribution is -2.50. The Morgan fingerprint density at radius 2 is 2.00 bits per heavy atom. The summed E-state index contributed by atoms with van der Waals surface area (Å²) >= 11 is 0. The Labute approximate surface area is 185 Å². The summed E-state index contributed by atoms with van der Waals surface area (Å²) in [7, 11) is 1.76. The number of carbonyl (C=O) groups excluding carboxylic acids is 1. The topological polar surface area (TPSA) is 75.2 Å². The fourth-order valence-electron chi connectivity index (χ4n) is 3.00. The fourth-order valence-corrected chi connectivity index (χ4v) is 3.00. The van der Waals surface area contributed by atoms with Crippen LogP contribution in [0.4, 0.5) is 4.79 Å². The van der Waals surface area contributed by atoms with E-state index < -0.39 is 0 Å². The zero-order valence-electron chi connectivity index (χ0n) is 17.2. The third kappa shape index (κ3) is 7.73. The highest BCUT2D eigenvalue weighted by Gasteiger charge is 2.24. The molecule has 158 valence electrons. The van der Waals surface area contributed by atoms with Crippen molar-refractivity contribution in [2.75, 3.05) is 33.3 Å². The number of nitrogens with zero attached hydrogens (tertiary/aromatic N) is 2. The number of aryl methyl sites for hydroxylation is 1. The minimum atomic E-state index is -0.222. The lowest BCUT2D eigenvalue weighted by molar-refractivity contribution is 0.0963. The molecule has 1 aromatic rings. The molecule has 0 spiro atoms. The SMILES string of the molecule is CCOC(=O)N1CCC(NC(=NC)NCC(C)Oc2ccccc2C)CC1.I. The molecule has 8 heteroatoms. The zero-order chi connectivity index (χ0) is 19.6. The second-order valence-electron chi connectivity index (χ2n) is 6.75. The predicted molar refractivity (Wildman–Crippen MR) is 123 cm³/mol. The summed E-state index contributed by atoms with van der Waals surface area (Å²) in [5.41, 5.74) is 1.13. The van der Waals surface area contributed by atoms with Crippen molar-refractivity contribution >= 4 is 36.0 Å². The number of hydrogen-bond donors (Lipinski definition) is 2. The predicted octanol–water partition coefficient (Wildman–Crippen LogP) is 3.17. The molecule has 0 saturated carbocycles. The van der Waals surface area contributed by atoms with Crippen LogP contribution in [0.5, 0.6) is 5.75 Å². The van der Waals surface area contributed by atoms with Crippen LogP contribution in [0.15, 0.2) is 29.3 Å². The van der Waals surface area contributed by atoms with Gasteiger partial charge in [-0.25, -0.2) is 4.79 Å². The molecule has 1 atom stereocenters. The number of likely N-dealkylation sites (tertiary alicyclic amines) is 1. The Bertz CT molecular complexity index is 634. The van der Waals surface area contributed by atoms with Crippen LogP contribution >= 0.6 is 24.0 Å². The molecule has 1 fully saturated rings. The molecule has 1 aliphatic heterocycles. The molecule has 28 heavy (non-hydrogen) atoms. The Balaban J connectivity index is 0.00000392. The number of rotatable bonds is 6. The van der Waals surface area contributed by atoms with E-state index in [0.29, 0.717) is 26.2 Å². The van der Waals surface area contributed by atoms with Gasteiger partial charge in [0, 0.05) is 26.2 Å². The van der Waals surface area contributed by atoms with E-state index in [4.69, 9.17) is 9.47 Å². The summed E-state index contributed by atoms with van der Waals surface area (Å²) in [6.07, 6.45) is 1.53. The first kappa shape index (κ1) is 24.3. The molecule has 1 aromatic carbocycles. The third-order valence-corrected chi connectivity index (χ3v) is 4.56. The second-order valence-corrected chi connectivity index (χ2v) is 6.75. The maximum Gasteiger partial charge on any atom is 0.409 e. The zero-order valence-corrected chi connectivity index (χ0v) is 19.6. The van der Waals surface area contributed by atoms with E-state index in [0.717, 1.165) is 30.1 Å². The molecule has 2 rings (SSSR count). The van der Waals surface area contributed by atoms with Gasteiger partial charge < -0.3 is 25.0 Å². The molecule has 0 bridgehead atoms. The Hall–Kier alpha value is -1.71. The van der Waals surface area contributed by atoms with E-state index in [1.54, 1.807) is 11.9 Å². The fraction of sp³-hybridized carbons (Fsp3) is 0.600. The van der Waals surface area contributed by atoms with Crippen molar-refractivity contribution in [1.29, 1.82) is 0 Å². The van der Waals surface area contributed by atoms with Gasteiger partial charge in [0.05, 0.1) is 13.2 Å². The van der Waals surface area contributed by atoms with Gasteiger partial charge in [0.25, 0.3) is 0 Å². The first-order valence-corrected chi connectivity index (χ1v) is 9.64. The average molecular weight is 504 g/mol. The van der Waals surface area contributed by atoms with E-state index >= 15 is 0 Å². The van der Waals surface area contributed by atoms with Gasteiger partial charge in [-0.2, -0.15) is 0 Å². The number of benzene rings is 1. The van der Waals surface area contributed by atoms with Gasteiger partial charge in [0.15, 0.2) is 5.96 Å². The first-order valence-electron chi connectivity index (χ1n) is 9.64. The van der Waals surface area contributed by atoms with Crippen LogP contribution in [0.25, 0.3) is 0 Å². The third-order valence-electron chi connectivity index (χ3n) is 4.56. The van der Waals surface area contributed by atoms with Gasteiger partial charge >= 0.3 is 6.09 Å². The number of amides is 1. The van der Waals surface area contributed by atoms with Gasteiger partial charge in [-0.1, -0.05) is 18.2 Å². The van der Waals surface area contributed by atoms with Crippen LogP contribution < -0.4 is 15.4 Å². The number of carbonyl (C=O) groups is 1. The normalized spacial score (nSPS) is 16.0. The van der Waals surface area contributed by atoms with E-state index in [-0.39, 0.29) is 42.2 Å². The van der Waals surface area contributed by atoms with Crippen molar-refractivity contribution in [1.82, 2.24) is 15.5 Å². The number of halogens is 1. The summed E-state index contributed by atoms with van der Waals surface area (Å²) in [6.45, 7) is 8.35. The van der Waals surface area contributed by atoms with Crippen molar-refractivity contribution in [3.05, 3.63) is 29.8 Å². The van der Waals surface area contributed by atoms with Gasteiger partial charge in [-0.3, -0.25) is 4.99 Å². The number of para-hydroxylation sites is 1. The van der Waals surface area contributed by atoms with E-state index in [2.05, 4.69) is 15.6 Å². The largest absolute Gasteiger partial charge is 0.489 e. The number of nitrogens with one attached hydrogen (secondary N) is 2. The molecule has 7 nitrogen and oxygen atoms in total. The molecule has 2 N–H and O–H groups in total. The quantitative estimate of drug-likeness (QED) is 0.354. The maximum absolute atomic E-state index is 11.8. The minimum absolute atomic E-state index is 0. The van der Waals surface area contributed by atoms with Crippen molar-refractivity contribution in [3.8, 4) is 5.75 Å². The number of piperidine rings is 1. The lowest BCUT2D eigenvalue weighted by atomic mass is 10.1. The summed E-state index contributed by atoms with van der Waals surface area (Å²) in [5.74, 6) is 1.66. The van der Waals surface area contributed by atoms with Crippen LogP contribution in [-0.2, 0) is 4.74 Å². The summed E-state index contributed by atoms with van der Waals surface area (Å²) in [4.78, 5) is 17.8. The van der Waals surface area contributed by atoms with Crippen molar-refractivity contribution in [2.24, 2.45) is 4.99 Å². The van der Waals surface area contributed by atoms with Gasteiger partial charge in [-0.05, 0) is 45.2 Å². The summed E-state index contributed by atoms with van der Waals surface area (Å²) in [6, 6.07) is 8.29. The molecule has 0 aliphatic carbocycles. The molecule has 1 unspecified atom stereocenters. The Morgan fingerprint density at radius 3 is 2.61 bits per heavy atom. The number of ether oxygens (including phenoxy) is 2. The minimum Gasteiger partial charge on any atom is -0.489 e. The first-order chi connectivity index (χ1) is 13.0. The highest BCUT2D eigenvalue weighted by Crippen LogP contribution is 2.17. The molecule has 0 aromatic heterocycles. The molecule has 1 amide bonds. The summed E-state index contributed by atoms with van der Waals surface area (Å²) in [5, 5.41) is 6.75.